The van der Waals surface area contributed by atoms with Gasteiger partial charge in [0, 0.05) is 5.57 Å². The third-order valence-electron chi connectivity index (χ3n) is 1.81. The number of carbonyl (C=O) groups is 1. The molecule has 0 heterocycles. The molecule has 0 fully saturated rings. The van der Waals surface area contributed by atoms with E-state index in [2.05, 4.69) is 31.4 Å². The van der Waals surface area contributed by atoms with Crippen molar-refractivity contribution in [3.8, 4) is 0 Å². The second-order valence-corrected chi connectivity index (χ2v) is 3.48. The molecule has 0 amide bonds. The van der Waals surface area contributed by atoms with E-state index in [9.17, 15) is 4.79 Å². The van der Waals surface area contributed by atoms with Gasteiger partial charge in [-0.05, 0) is 12.5 Å². The third-order valence-corrected chi connectivity index (χ3v) is 1.81. The fourth-order valence-corrected chi connectivity index (χ4v) is 0.874. The summed E-state index contributed by atoms with van der Waals surface area (Å²) in [7, 11) is 0. The molecule has 0 aliphatic heterocycles. The number of allylic oxidation sites excluding steroid dienone is 4. The van der Waals surface area contributed by atoms with E-state index in [1.54, 1.807) is 6.08 Å². The van der Waals surface area contributed by atoms with E-state index in [1.807, 2.05) is 36.4 Å². The maximum absolute atomic E-state index is 9.60. The molecule has 0 saturated carbocycles. The number of hydrogen-bond donors (Lipinski definition) is 1. The van der Waals surface area contributed by atoms with Crippen molar-refractivity contribution in [2.75, 3.05) is 0 Å². The molecular formula is C16H18O2. The lowest BCUT2D eigenvalue weighted by Crippen LogP contribution is -1.92. The molecule has 0 aliphatic carbocycles. The maximum Gasteiger partial charge on any atom is 0.330 e. The summed E-state index contributed by atoms with van der Waals surface area (Å²) in [6.07, 6.45) is 9.67. The van der Waals surface area contributed by atoms with Gasteiger partial charge in [0.25, 0.3) is 0 Å². The predicted molar refractivity (Wildman–Crippen MR) is 77.3 cm³/mol. The Balaban J connectivity index is 0.000000411. The molecule has 1 aromatic carbocycles. The van der Waals surface area contributed by atoms with Gasteiger partial charge in [-0.1, -0.05) is 73.9 Å². The van der Waals surface area contributed by atoms with Gasteiger partial charge in [-0.3, -0.25) is 0 Å². The van der Waals surface area contributed by atoms with E-state index in [-0.39, 0.29) is 5.57 Å². The summed E-state index contributed by atoms with van der Waals surface area (Å²) in [6.45, 7) is 8.19. The Bertz CT molecular complexity index is 427. The van der Waals surface area contributed by atoms with Crippen LogP contribution in [-0.4, -0.2) is 11.1 Å². The first kappa shape index (κ1) is 15.7. The van der Waals surface area contributed by atoms with Crippen LogP contribution in [0.4, 0.5) is 0 Å². The van der Waals surface area contributed by atoms with Gasteiger partial charge in [0.05, 0.1) is 0 Å². The highest BCUT2D eigenvalue weighted by molar-refractivity contribution is 5.84. The Morgan fingerprint density at radius 1 is 1.17 bits per heavy atom. The van der Waals surface area contributed by atoms with Crippen molar-refractivity contribution >= 4 is 12.0 Å². The molecule has 0 radical (unpaired) electrons. The number of hydrogen-bond acceptors (Lipinski definition) is 1. The van der Waals surface area contributed by atoms with Crippen LogP contribution >= 0.6 is 0 Å². The first-order valence-electron chi connectivity index (χ1n) is 5.47. The lowest BCUT2D eigenvalue weighted by atomic mass is 10.2. The second-order valence-electron chi connectivity index (χ2n) is 3.48. The van der Waals surface area contributed by atoms with E-state index in [0.29, 0.717) is 0 Å². The normalized spacial score (nSPS) is 9.83. The van der Waals surface area contributed by atoms with Crippen LogP contribution in [0.1, 0.15) is 12.5 Å². The van der Waals surface area contributed by atoms with E-state index >= 15 is 0 Å². The summed E-state index contributed by atoms with van der Waals surface area (Å²) in [5, 5.41) is 7.89. The van der Waals surface area contributed by atoms with Gasteiger partial charge < -0.3 is 5.11 Å². The minimum Gasteiger partial charge on any atom is -0.478 e. The van der Waals surface area contributed by atoms with Crippen LogP contribution in [-0.2, 0) is 4.79 Å². The predicted octanol–water partition coefficient (Wildman–Crippen LogP) is 4.09. The highest BCUT2D eigenvalue weighted by atomic mass is 16.4. The van der Waals surface area contributed by atoms with Crippen molar-refractivity contribution in [3.63, 3.8) is 0 Å². The van der Waals surface area contributed by atoms with E-state index in [1.165, 1.54) is 12.5 Å². The van der Waals surface area contributed by atoms with Gasteiger partial charge in [-0.15, -0.1) is 0 Å². The third kappa shape index (κ3) is 8.92. The molecule has 2 heteroatoms. The average Bonchev–Trinajstić information content (AvgIpc) is 2.36. The lowest BCUT2D eigenvalue weighted by Gasteiger charge is -1.87. The Labute approximate surface area is 108 Å². The standard InChI is InChI=1S/C12H12.C4H6O2/c1-2-3-4-6-9-12-10-7-5-8-11-12;1-3(2)4(5)6/h2-11H,1H2;1H2,2H3,(H,5,6). The van der Waals surface area contributed by atoms with E-state index in [4.69, 9.17) is 5.11 Å². The molecule has 1 rings (SSSR count). The minimum absolute atomic E-state index is 0.176. The SMILES string of the molecule is C=C(C)C(=O)O.C=CC=CC=Cc1ccccc1. The Hall–Kier alpha value is -2.35. The first-order chi connectivity index (χ1) is 8.57. The molecule has 0 unspecified atom stereocenters. The molecule has 1 aromatic rings. The van der Waals surface area contributed by atoms with Gasteiger partial charge in [-0.25, -0.2) is 4.79 Å². The smallest absolute Gasteiger partial charge is 0.330 e. The van der Waals surface area contributed by atoms with Gasteiger partial charge in [-0.2, -0.15) is 0 Å². The fourth-order valence-electron chi connectivity index (χ4n) is 0.874. The number of rotatable bonds is 4. The Kier molecular flexibility index (Phi) is 8.56. The van der Waals surface area contributed by atoms with Crippen molar-refractivity contribution in [2.24, 2.45) is 0 Å². The van der Waals surface area contributed by atoms with Crippen LogP contribution < -0.4 is 0 Å². The molecular weight excluding hydrogens is 224 g/mol. The zero-order valence-corrected chi connectivity index (χ0v) is 10.5. The van der Waals surface area contributed by atoms with Gasteiger partial charge in [0.15, 0.2) is 0 Å². The van der Waals surface area contributed by atoms with Gasteiger partial charge in [0.1, 0.15) is 0 Å². The highest BCUT2D eigenvalue weighted by Crippen LogP contribution is 2.00. The zero-order chi connectivity index (χ0) is 13.8. The van der Waals surface area contributed by atoms with Gasteiger partial charge in [0.2, 0.25) is 0 Å². The Morgan fingerprint density at radius 3 is 2.17 bits per heavy atom. The molecule has 18 heavy (non-hydrogen) atoms. The molecule has 0 atom stereocenters. The van der Waals surface area contributed by atoms with Crippen LogP contribution in [0.5, 0.6) is 0 Å². The first-order valence-corrected chi connectivity index (χ1v) is 5.47. The summed E-state index contributed by atoms with van der Waals surface area (Å²) in [4.78, 5) is 9.60. The monoisotopic (exact) mass is 242 g/mol. The topological polar surface area (TPSA) is 37.3 Å². The highest BCUT2D eigenvalue weighted by Gasteiger charge is 1.90. The molecule has 0 bridgehead atoms. The lowest BCUT2D eigenvalue weighted by molar-refractivity contribution is -0.132. The molecule has 0 aliphatic rings. The quantitative estimate of drug-likeness (QED) is 0.637. The largest absolute Gasteiger partial charge is 0.478 e. The Morgan fingerprint density at radius 2 is 1.72 bits per heavy atom. The number of aliphatic carboxylic acids is 1. The molecule has 0 saturated heterocycles. The maximum atomic E-state index is 9.60. The number of benzene rings is 1. The fraction of sp³-hybridized carbons (Fsp3) is 0.0625. The van der Waals surface area contributed by atoms with Crippen LogP contribution in [0.25, 0.3) is 6.08 Å². The van der Waals surface area contributed by atoms with Crippen molar-refractivity contribution in [3.05, 3.63) is 78.9 Å². The summed E-state index contributed by atoms with van der Waals surface area (Å²) in [6, 6.07) is 10.2. The van der Waals surface area contributed by atoms with Crippen LogP contribution in [0, 0.1) is 0 Å². The van der Waals surface area contributed by atoms with E-state index < -0.39 is 5.97 Å². The summed E-state index contributed by atoms with van der Waals surface area (Å²) in [5.41, 5.74) is 1.39. The van der Waals surface area contributed by atoms with Crippen LogP contribution in [0.15, 0.2) is 73.4 Å². The van der Waals surface area contributed by atoms with Gasteiger partial charge >= 0.3 is 5.97 Å². The number of carboxylic acids is 1. The van der Waals surface area contributed by atoms with Crippen molar-refractivity contribution in [1.29, 1.82) is 0 Å². The molecule has 1 N–H and O–H groups in total. The number of carboxylic acid groups (broad SMARTS) is 1. The van der Waals surface area contributed by atoms with E-state index in [0.717, 1.165) is 0 Å². The molecule has 0 aromatic heterocycles. The summed E-state index contributed by atoms with van der Waals surface area (Å²) >= 11 is 0. The molecule has 94 valence electrons. The van der Waals surface area contributed by atoms with Crippen LogP contribution in [0.2, 0.25) is 0 Å². The summed E-state index contributed by atoms with van der Waals surface area (Å²) < 4.78 is 0. The summed E-state index contributed by atoms with van der Waals surface area (Å²) in [5.74, 6) is -0.935. The van der Waals surface area contributed by atoms with Crippen molar-refractivity contribution < 1.29 is 9.90 Å². The van der Waals surface area contributed by atoms with Crippen molar-refractivity contribution in [2.45, 2.75) is 6.92 Å². The van der Waals surface area contributed by atoms with Crippen molar-refractivity contribution in [1.82, 2.24) is 0 Å². The zero-order valence-electron chi connectivity index (χ0n) is 10.5. The average molecular weight is 242 g/mol. The molecule has 2 nitrogen and oxygen atoms in total. The molecule has 0 spiro atoms. The minimum atomic E-state index is -0.935. The second kappa shape index (κ2) is 9.85. The van der Waals surface area contributed by atoms with Crippen LogP contribution in [0.3, 0.4) is 0 Å².